The first-order valence-electron chi connectivity index (χ1n) is 41.9. The van der Waals surface area contributed by atoms with Crippen LogP contribution in [-0.2, 0) is 35.0 Å². The average Bonchev–Trinajstić information content (AvgIpc) is 1.62. The maximum atomic E-state index is 10.6. The standard InChI is InChI=1S/C32H57BO2.C26H45BrO2.C26H45Br.C6H3Br3/c1-7-9-11-13-15-17-19-21-23-28-25-29(24-22-20-18-16-14-12-10-8-2)27-30(26-28)33-34-31(3,4)32(5,6)35-33;1-3-5-7-9-11-13-15-17-25(28)22-19-23(21-24(27)20-22)26(29)18-16-14-12-10-8-6-4-2;1-3-5-7-9-11-13-15-17-19-24-21-25(23-26(27)22-24)20-18-16-14-12-10-8-6-4-2;7-4-1-5(8)3-6(9)2-4/h25-27H,7-24H2,1-6H3;19-21,25-26,28-29H,3-18H2,1-2H3;21-23H,3-20H2,1-2H3;1-3H. The van der Waals surface area contributed by atoms with Crippen molar-refractivity contribution in [2.75, 3.05) is 0 Å². The minimum atomic E-state index is -0.437. The second-order valence-corrected chi connectivity index (χ2v) is 35.4. The summed E-state index contributed by atoms with van der Waals surface area (Å²) < 4.78 is 18.3. The lowest BCUT2D eigenvalue weighted by atomic mass is 9.76. The summed E-state index contributed by atoms with van der Waals surface area (Å²) in [6.45, 7) is 22.3. The molecule has 0 amide bonds. The van der Waals surface area contributed by atoms with E-state index in [0.29, 0.717) is 0 Å². The normalized spacial score (nSPS) is 13.7. The fourth-order valence-corrected chi connectivity index (χ4v) is 17.0. The number of aliphatic hydroxyl groups excluding tert-OH is 2. The summed E-state index contributed by atoms with van der Waals surface area (Å²) in [5.41, 5.74) is 8.51. The van der Waals surface area contributed by atoms with Crippen LogP contribution < -0.4 is 5.46 Å². The van der Waals surface area contributed by atoms with E-state index in [0.717, 1.165) is 54.7 Å². The Bertz CT molecular complexity index is 2390. The molecule has 5 rings (SSSR count). The first kappa shape index (κ1) is 95.3. The second kappa shape index (κ2) is 62.1. The van der Waals surface area contributed by atoms with Crippen LogP contribution in [0, 0.1) is 0 Å². The van der Waals surface area contributed by atoms with Crippen LogP contribution in [0.1, 0.15) is 423 Å². The molecule has 4 aromatic carbocycles. The Kier molecular flexibility index (Phi) is 59.2. The lowest BCUT2D eigenvalue weighted by Crippen LogP contribution is -2.41. The molecule has 0 aromatic heterocycles. The third-order valence-corrected chi connectivity index (χ3v) is 22.9. The summed E-state index contributed by atoms with van der Waals surface area (Å²) in [5, 5.41) is 21.2. The van der Waals surface area contributed by atoms with E-state index in [-0.39, 0.29) is 18.3 Å². The van der Waals surface area contributed by atoms with Gasteiger partial charge in [-0.2, -0.15) is 0 Å². The molecule has 0 bridgehead atoms. The molecular weight excluding hydrogens is 1560 g/mol. The number of unbranched alkanes of at least 4 members (excludes halogenated alkanes) is 40. The van der Waals surface area contributed by atoms with Crippen LogP contribution in [0.25, 0.3) is 0 Å². The molecule has 1 fully saturated rings. The van der Waals surface area contributed by atoms with Crippen LogP contribution in [0.4, 0.5) is 0 Å². The van der Waals surface area contributed by atoms with Crippen molar-refractivity contribution in [2.45, 2.75) is 427 Å². The molecule has 0 saturated carbocycles. The lowest BCUT2D eigenvalue weighted by Gasteiger charge is -2.32. The van der Waals surface area contributed by atoms with Crippen LogP contribution in [0.5, 0.6) is 0 Å². The fraction of sp³-hybridized carbons (Fsp3) is 0.733. The summed E-state index contributed by atoms with van der Waals surface area (Å²) in [5.74, 6) is 0. The van der Waals surface area contributed by atoms with Gasteiger partial charge >= 0.3 is 7.12 Å². The number of aryl methyl sites for hydroxylation is 4. The number of hydrogen-bond donors (Lipinski definition) is 2. The van der Waals surface area contributed by atoms with Crippen molar-refractivity contribution in [3.05, 3.63) is 129 Å². The molecule has 4 nitrogen and oxygen atoms in total. The Labute approximate surface area is 661 Å². The summed E-state index contributed by atoms with van der Waals surface area (Å²) in [4.78, 5) is 0. The molecule has 1 aliphatic rings. The highest BCUT2D eigenvalue weighted by molar-refractivity contribution is 9.11. The highest BCUT2D eigenvalue weighted by Crippen LogP contribution is 2.37. The summed E-state index contributed by atoms with van der Waals surface area (Å²) >= 11 is 17.3. The molecule has 0 spiro atoms. The smallest absolute Gasteiger partial charge is 0.399 e. The molecule has 572 valence electrons. The van der Waals surface area contributed by atoms with Gasteiger partial charge in [0.25, 0.3) is 0 Å². The molecule has 0 aliphatic carbocycles. The quantitative estimate of drug-likeness (QED) is 0.0342. The molecule has 100 heavy (non-hydrogen) atoms. The number of halogens is 5. The SMILES string of the molecule is Brc1cc(Br)cc(Br)c1.CCCCCCCCCC(O)c1cc(Br)cc(C(O)CCCCCCCCC)c1.CCCCCCCCCCc1cc(Br)cc(CCCCCCCCCC)c1.CCCCCCCCCCc1cc(CCCCCCCCCC)cc(B2OC(C)(C)C(C)(C)O2)c1. The topological polar surface area (TPSA) is 58.9 Å². The van der Waals surface area contributed by atoms with Crippen LogP contribution in [0.2, 0.25) is 0 Å². The first-order chi connectivity index (χ1) is 48.3. The number of rotatable bonds is 55. The molecule has 2 N–H and O–H groups in total. The highest BCUT2D eigenvalue weighted by Gasteiger charge is 2.51. The van der Waals surface area contributed by atoms with E-state index in [9.17, 15) is 10.2 Å². The third-order valence-electron chi connectivity index (χ3n) is 20.6. The van der Waals surface area contributed by atoms with Gasteiger partial charge in [0.1, 0.15) is 0 Å². The van der Waals surface area contributed by atoms with Gasteiger partial charge in [0.2, 0.25) is 0 Å². The maximum absolute atomic E-state index is 10.6. The van der Waals surface area contributed by atoms with E-state index in [1.807, 2.05) is 36.4 Å². The number of hydrogen-bond acceptors (Lipinski definition) is 4. The van der Waals surface area contributed by atoms with Crippen molar-refractivity contribution >= 4 is 92.2 Å². The fourth-order valence-electron chi connectivity index (χ4n) is 13.5. The number of benzene rings is 4. The minimum Gasteiger partial charge on any atom is -0.399 e. The van der Waals surface area contributed by atoms with Gasteiger partial charge in [-0.05, 0) is 173 Å². The first-order valence-corrected chi connectivity index (χ1v) is 45.8. The molecule has 2 atom stereocenters. The molecular formula is C90H150BBr5O4. The van der Waals surface area contributed by atoms with Crippen LogP contribution in [-0.4, -0.2) is 28.5 Å². The molecule has 1 saturated heterocycles. The van der Waals surface area contributed by atoms with Crippen molar-refractivity contribution in [1.82, 2.24) is 0 Å². The Hall–Kier alpha value is -0.815. The van der Waals surface area contributed by atoms with E-state index in [2.05, 4.69) is 185 Å². The zero-order valence-corrected chi connectivity index (χ0v) is 74.0. The van der Waals surface area contributed by atoms with E-state index in [1.54, 1.807) is 0 Å². The summed E-state index contributed by atoms with van der Waals surface area (Å²) in [6, 6.07) is 26.3. The molecule has 10 heteroatoms. The average molecular weight is 1710 g/mol. The Balaban J connectivity index is 0.000000482. The molecule has 1 heterocycles. The molecule has 2 unspecified atom stereocenters. The van der Waals surface area contributed by atoms with Crippen molar-refractivity contribution in [2.24, 2.45) is 0 Å². The van der Waals surface area contributed by atoms with Gasteiger partial charge in [0.15, 0.2) is 0 Å². The van der Waals surface area contributed by atoms with Gasteiger partial charge in [0.05, 0.1) is 23.4 Å². The Morgan fingerprint density at radius 2 is 0.480 bits per heavy atom. The summed E-state index contributed by atoms with van der Waals surface area (Å²) in [7, 11) is -0.254. The minimum absolute atomic E-state index is 0.254. The van der Waals surface area contributed by atoms with Crippen LogP contribution >= 0.6 is 79.6 Å². The predicted molar refractivity (Wildman–Crippen MR) is 460 cm³/mol. The lowest BCUT2D eigenvalue weighted by molar-refractivity contribution is 0.00578. The van der Waals surface area contributed by atoms with Crippen molar-refractivity contribution in [3.8, 4) is 0 Å². The molecule has 4 aromatic rings. The highest BCUT2D eigenvalue weighted by atomic mass is 79.9. The van der Waals surface area contributed by atoms with Gasteiger partial charge in [-0.15, -0.1) is 0 Å². The molecule has 1 aliphatic heterocycles. The van der Waals surface area contributed by atoms with E-state index >= 15 is 0 Å². The predicted octanol–water partition coefficient (Wildman–Crippen LogP) is 31.9. The van der Waals surface area contributed by atoms with Crippen LogP contribution in [0.15, 0.2) is 95.2 Å². The van der Waals surface area contributed by atoms with Crippen molar-refractivity contribution in [3.63, 3.8) is 0 Å². The van der Waals surface area contributed by atoms with Gasteiger partial charge in [-0.1, -0.05) is 421 Å². The third kappa shape index (κ3) is 48.5. The van der Waals surface area contributed by atoms with Crippen molar-refractivity contribution in [1.29, 1.82) is 0 Å². The van der Waals surface area contributed by atoms with Crippen LogP contribution in [0.3, 0.4) is 0 Å². The van der Waals surface area contributed by atoms with Gasteiger partial charge in [0, 0.05) is 22.4 Å². The van der Waals surface area contributed by atoms with E-state index < -0.39 is 12.2 Å². The second-order valence-electron chi connectivity index (χ2n) is 30.8. The van der Waals surface area contributed by atoms with E-state index in [4.69, 9.17) is 9.31 Å². The monoisotopic (exact) mass is 1700 g/mol. The number of aliphatic hydroxyl groups is 2. The molecule has 0 radical (unpaired) electrons. The van der Waals surface area contributed by atoms with Gasteiger partial charge in [-0.3, -0.25) is 0 Å². The zero-order chi connectivity index (χ0) is 73.3. The Morgan fingerprint density at radius 1 is 0.270 bits per heavy atom. The van der Waals surface area contributed by atoms with Gasteiger partial charge < -0.3 is 19.5 Å². The zero-order valence-electron chi connectivity index (χ0n) is 66.0. The van der Waals surface area contributed by atoms with E-state index in [1.165, 1.54) is 340 Å². The summed E-state index contributed by atoms with van der Waals surface area (Å²) in [6.07, 6.45) is 67.6. The van der Waals surface area contributed by atoms with Crippen molar-refractivity contribution < 1.29 is 19.5 Å². The van der Waals surface area contributed by atoms with Gasteiger partial charge in [-0.25, -0.2) is 0 Å². The maximum Gasteiger partial charge on any atom is 0.494 e. The largest absolute Gasteiger partial charge is 0.494 e. The Morgan fingerprint density at radius 3 is 0.740 bits per heavy atom.